The fourth-order valence-electron chi connectivity index (χ4n) is 1.50. The van der Waals surface area contributed by atoms with Crippen molar-refractivity contribution in [2.24, 2.45) is 5.92 Å². The number of Topliss-reactive ketones (excluding diaryl/α,β-unsaturated/α-hetero) is 1. The summed E-state index contributed by atoms with van der Waals surface area (Å²) in [7, 11) is 0. The lowest BCUT2D eigenvalue weighted by molar-refractivity contribution is -0.120. The Bertz CT molecular complexity index is 191. The fraction of sp³-hybridized carbons (Fsp3) is 0.500. The Morgan fingerprint density at radius 3 is 2.91 bits per heavy atom. The average Bonchev–Trinajstić information content (AvgIpc) is 2.37. The molecule has 0 N–H and O–H groups in total. The average molecular weight is 150 g/mol. The van der Waals surface area contributed by atoms with Crippen LogP contribution in [0, 0.1) is 5.92 Å². The van der Waals surface area contributed by atoms with Crippen molar-refractivity contribution >= 4 is 5.78 Å². The molecule has 1 fully saturated rings. The predicted molar refractivity (Wildman–Crippen MR) is 46.3 cm³/mol. The molecule has 1 nitrogen and oxygen atoms in total. The Morgan fingerprint density at radius 2 is 2.45 bits per heavy atom. The number of rotatable bonds is 3. The lowest BCUT2D eigenvalue weighted by Gasteiger charge is -2.05. The van der Waals surface area contributed by atoms with Gasteiger partial charge in [0.2, 0.25) is 0 Å². The van der Waals surface area contributed by atoms with E-state index >= 15 is 0 Å². The van der Waals surface area contributed by atoms with Crippen molar-refractivity contribution < 1.29 is 4.79 Å². The molecule has 0 saturated heterocycles. The van der Waals surface area contributed by atoms with Crippen LogP contribution in [0.5, 0.6) is 0 Å². The maximum absolute atomic E-state index is 11.2. The monoisotopic (exact) mass is 150 g/mol. The van der Waals surface area contributed by atoms with E-state index in [4.69, 9.17) is 0 Å². The molecule has 1 aliphatic carbocycles. The van der Waals surface area contributed by atoms with Crippen molar-refractivity contribution in [2.75, 3.05) is 0 Å². The van der Waals surface area contributed by atoms with Crippen LogP contribution in [-0.2, 0) is 4.79 Å². The summed E-state index contributed by atoms with van der Waals surface area (Å²) in [5.41, 5.74) is 0.991. The topological polar surface area (TPSA) is 17.1 Å². The summed E-state index contributed by atoms with van der Waals surface area (Å²) in [6, 6.07) is 0. The van der Waals surface area contributed by atoms with E-state index in [1.54, 1.807) is 6.08 Å². The minimum absolute atomic E-state index is 0.250. The largest absolute Gasteiger partial charge is 0.299 e. The smallest absolute Gasteiger partial charge is 0.136 e. The van der Waals surface area contributed by atoms with Gasteiger partial charge in [-0.2, -0.15) is 0 Å². The second-order valence-corrected chi connectivity index (χ2v) is 3.12. The van der Waals surface area contributed by atoms with E-state index in [-0.39, 0.29) is 5.92 Å². The lowest BCUT2D eigenvalue weighted by Crippen LogP contribution is -2.05. The van der Waals surface area contributed by atoms with Crippen molar-refractivity contribution in [3.63, 3.8) is 0 Å². The zero-order valence-corrected chi connectivity index (χ0v) is 6.81. The maximum Gasteiger partial charge on any atom is 0.136 e. The SMILES string of the molecule is C=CC(=C)CC1CCCC1=O. The molecule has 1 atom stereocenters. The van der Waals surface area contributed by atoms with Gasteiger partial charge in [-0.1, -0.05) is 24.8 Å². The van der Waals surface area contributed by atoms with Gasteiger partial charge in [0.25, 0.3) is 0 Å². The van der Waals surface area contributed by atoms with Crippen molar-refractivity contribution in [2.45, 2.75) is 25.7 Å². The van der Waals surface area contributed by atoms with Crippen LogP contribution >= 0.6 is 0 Å². The van der Waals surface area contributed by atoms with E-state index in [9.17, 15) is 4.79 Å². The van der Waals surface area contributed by atoms with E-state index in [2.05, 4.69) is 13.2 Å². The van der Waals surface area contributed by atoms with E-state index in [0.717, 1.165) is 31.3 Å². The second-order valence-electron chi connectivity index (χ2n) is 3.12. The Balaban J connectivity index is 2.42. The Labute approximate surface area is 67.8 Å². The molecule has 11 heavy (non-hydrogen) atoms. The van der Waals surface area contributed by atoms with Gasteiger partial charge >= 0.3 is 0 Å². The van der Waals surface area contributed by atoms with E-state index in [0.29, 0.717) is 5.78 Å². The number of carbonyl (C=O) groups excluding carboxylic acids is 1. The Kier molecular flexibility index (Phi) is 2.64. The highest BCUT2D eigenvalue weighted by Crippen LogP contribution is 2.26. The summed E-state index contributed by atoms with van der Waals surface area (Å²) < 4.78 is 0. The molecule has 0 amide bonds. The van der Waals surface area contributed by atoms with Crippen LogP contribution in [0.3, 0.4) is 0 Å². The van der Waals surface area contributed by atoms with Crippen molar-refractivity contribution in [3.05, 3.63) is 24.8 Å². The van der Waals surface area contributed by atoms with Gasteiger partial charge in [-0.3, -0.25) is 4.79 Å². The molecule has 1 unspecified atom stereocenters. The summed E-state index contributed by atoms with van der Waals surface area (Å²) in [5, 5.41) is 0. The maximum atomic E-state index is 11.2. The molecule has 0 aromatic carbocycles. The quantitative estimate of drug-likeness (QED) is 0.565. The van der Waals surface area contributed by atoms with Crippen LogP contribution in [0.15, 0.2) is 24.8 Å². The molecule has 1 rings (SSSR count). The van der Waals surface area contributed by atoms with Crippen LogP contribution in [0.25, 0.3) is 0 Å². The molecule has 1 heteroatoms. The molecule has 0 heterocycles. The van der Waals surface area contributed by atoms with Crippen LogP contribution in [0.1, 0.15) is 25.7 Å². The van der Waals surface area contributed by atoms with Crippen molar-refractivity contribution in [3.8, 4) is 0 Å². The summed E-state index contributed by atoms with van der Waals surface area (Å²) in [4.78, 5) is 11.2. The number of carbonyl (C=O) groups is 1. The first-order valence-electron chi connectivity index (χ1n) is 4.07. The molecule has 0 radical (unpaired) electrons. The highest BCUT2D eigenvalue weighted by atomic mass is 16.1. The number of hydrogen-bond donors (Lipinski definition) is 0. The Hall–Kier alpha value is -0.850. The molecule has 0 spiro atoms. The Morgan fingerprint density at radius 1 is 1.73 bits per heavy atom. The highest BCUT2D eigenvalue weighted by molar-refractivity contribution is 5.83. The number of hydrogen-bond acceptors (Lipinski definition) is 1. The summed E-state index contributed by atoms with van der Waals surface area (Å²) in [6.07, 6.45) is 5.45. The van der Waals surface area contributed by atoms with Crippen LogP contribution < -0.4 is 0 Å². The number of ketones is 1. The van der Waals surface area contributed by atoms with Gasteiger partial charge in [0.1, 0.15) is 5.78 Å². The first kappa shape index (κ1) is 8.25. The van der Waals surface area contributed by atoms with E-state index in [1.807, 2.05) is 0 Å². The molecule has 0 aromatic rings. The van der Waals surface area contributed by atoms with E-state index < -0.39 is 0 Å². The third-order valence-corrected chi connectivity index (χ3v) is 2.23. The summed E-state index contributed by atoms with van der Waals surface area (Å²) in [5.74, 6) is 0.661. The van der Waals surface area contributed by atoms with Crippen molar-refractivity contribution in [1.29, 1.82) is 0 Å². The molecular formula is C10H14O. The first-order chi connectivity index (χ1) is 5.24. The predicted octanol–water partition coefficient (Wildman–Crippen LogP) is 2.49. The van der Waals surface area contributed by atoms with Gasteiger partial charge < -0.3 is 0 Å². The van der Waals surface area contributed by atoms with Gasteiger partial charge in [0.05, 0.1) is 0 Å². The standard InChI is InChI=1S/C10H14O/c1-3-8(2)7-9-5-4-6-10(9)11/h3,9H,1-2,4-7H2. The van der Waals surface area contributed by atoms with Gasteiger partial charge in [0, 0.05) is 12.3 Å². The zero-order valence-electron chi connectivity index (χ0n) is 6.81. The van der Waals surface area contributed by atoms with Gasteiger partial charge in [-0.15, -0.1) is 0 Å². The number of allylic oxidation sites excluding steroid dienone is 2. The second kappa shape index (κ2) is 3.51. The van der Waals surface area contributed by atoms with Gasteiger partial charge in [-0.05, 0) is 19.3 Å². The molecule has 1 aliphatic rings. The lowest BCUT2D eigenvalue weighted by atomic mass is 9.98. The minimum atomic E-state index is 0.250. The van der Waals surface area contributed by atoms with Crippen molar-refractivity contribution in [1.82, 2.24) is 0 Å². The third kappa shape index (κ3) is 2.04. The molecule has 0 bridgehead atoms. The summed E-state index contributed by atoms with van der Waals surface area (Å²) in [6.45, 7) is 7.42. The normalized spacial score (nSPS) is 23.6. The first-order valence-corrected chi connectivity index (χ1v) is 4.07. The van der Waals surface area contributed by atoms with Gasteiger partial charge in [-0.25, -0.2) is 0 Å². The van der Waals surface area contributed by atoms with Crippen LogP contribution in [0.2, 0.25) is 0 Å². The molecule has 0 aromatic heterocycles. The molecule has 0 aliphatic heterocycles. The highest BCUT2D eigenvalue weighted by Gasteiger charge is 2.23. The van der Waals surface area contributed by atoms with Crippen LogP contribution in [-0.4, -0.2) is 5.78 Å². The minimum Gasteiger partial charge on any atom is -0.299 e. The van der Waals surface area contributed by atoms with E-state index in [1.165, 1.54) is 0 Å². The third-order valence-electron chi connectivity index (χ3n) is 2.23. The summed E-state index contributed by atoms with van der Waals surface area (Å²) >= 11 is 0. The zero-order chi connectivity index (χ0) is 8.27. The molecular weight excluding hydrogens is 136 g/mol. The molecule has 60 valence electrons. The fourth-order valence-corrected chi connectivity index (χ4v) is 1.50. The molecule has 1 saturated carbocycles. The van der Waals surface area contributed by atoms with Crippen LogP contribution in [0.4, 0.5) is 0 Å². The van der Waals surface area contributed by atoms with Gasteiger partial charge in [0.15, 0.2) is 0 Å².